The van der Waals surface area contributed by atoms with Crippen molar-refractivity contribution < 1.29 is 9.90 Å². The van der Waals surface area contributed by atoms with E-state index in [4.69, 9.17) is 0 Å². The monoisotopic (exact) mass is 261 g/mol. The van der Waals surface area contributed by atoms with Crippen LogP contribution in [-0.2, 0) is 0 Å². The zero-order chi connectivity index (χ0) is 13.7. The Morgan fingerprint density at radius 2 is 2.37 bits per heavy atom. The second-order valence-corrected chi connectivity index (χ2v) is 4.02. The quantitative estimate of drug-likeness (QED) is 0.800. The summed E-state index contributed by atoms with van der Waals surface area (Å²) in [6.45, 7) is 2.09. The second-order valence-electron chi connectivity index (χ2n) is 4.02. The highest BCUT2D eigenvalue weighted by molar-refractivity contribution is 5.93. The molecule has 100 valence electrons. The minimum absolute atomic E-state index is 0.236. The number of hydrogen-bond acceptors (Lipinski definition) is 5. The van der Waals surface area contributed by atoms with Gasteiger partial charge in [0.25, 0.3) is 5.91 Å². The number of aromatic nitrogens is 4. The molecule has 0 spiro atoms. The molecule has 0 bridgehead atoms. The topological polar surface area (TPSA) is 92.9 Å². The fourth-order valence-electron chi connectivity index (χ4n) is 1.44. The van der Waals surface area contributed by atoms with E-state index in [1.165, 1.54) is 23.5 Å². The van der Waals surface area contributed by atoms with Crippen molar-refractivity contribution >= 4 is 5.91 Å². The Morgan fingerprint density at radius 3 is 2.95 bits per heavy atom. The lowest BCUT2D eigenvalue weighted by atomic mass is 10.2. The number of aliphatic hydroxyl groups excluding tert-OH is 1. The minimum Gasteiger partial charge on any atom is -0.391 e. The van der Waals surface area contributed by atoms with E-state index in [1.807, 2.05) is 6.92 Å². The molecular formula is C12H15N5O2. The predicted octanol–water partition coefficient (Wildman–Crippen LogP) is 0.163. The van der Waals surface area contributed by atoms with Gasteiger partial charge in [-0.15, -0.1) is 0 Å². The molecule has 2 N–H and O–H groups in total. The number of pyridine rings is 1. The summed E-state index contributed by atoms with van der Waals surface area (Å²) in [6.07, 6.45) is 4.48. The van der Waals surface area contributed by atoms with Gasteiger partial charge in [-0.1, -0.05) is 6.92 Å². The number of carbonyl (C=O) groups is 1. The predicted molar refractivity (Wildman–Crippen MR) is 67.8 cm³/mol. The number of nitrogens with zero attached hydrogens (tertiary/aromatic N) is 4. The van der Waals surface area contributed by atoms with E-state index in [2.05, 4.69) is 20.4 Å². The van der Waals surface area contributed by atoms with Gasteiger partial charge in [0, 0.05) is 12.7 Å². The first-order chi connectivity index (χ1) is 9.20. The molecule has 7 nitrogen and oxygen atoms in total. The van der Waals surface area contributed by atoms with Crippen LogP contribution < -0.4 is 5.32 Å². The molecule has 0 radical (unpaired) electrons. The maximum absolute atomic E-state index is 11.8. The molecule has 1 unspecified atom stereocenters. The van der Waals surface area contributed by atoms with Crippen LogP contribution in [0.5, 0.6) is 0 Å². The molecule has 2 aromatic rings. The van der Waals surface area contributed by atoms with Crippen molar-refractivity contribution in [2.45, 2.75) is 19.4 Å². The van der Waals surface area contributed by atoms with E-state index in [-0.39, 0.29) is 12.5 Å². The standard InChI is InChI=1S/C12H15N5O2/c1-2-10(18)6-15-12(19)9-3-4-11(14-5-9)17-8-13-7-16-17/h3-5,7-8,10,18H,2,6H2,1H3,(H,15,19). The Morgan fingerprint density at radius 1 is 1.53 bits per heavy atom. The lowest BCUT2D eigenvalue weighted by molar-refractivity contribution is 0.0913. The summed E-state index contributed by atoms with van der Waals surface area (Å²) in [5.41, 5.74) is 0.437. The Balaban J connectivity index is 2.00. The average molecular weight is 261 g/mol. The Bertz CT molecular complexity index is 524. The first-order valence-corrected chi connectivity index (χ1v) is 5.98. The van der Waals surface area contributed by atoms with Crippen LogP contribution in [-0.4, -0.2) is 43.4 Å². The fraction of sp³-hybridized carbons (Fsp3) is 0.333. The second kappa shape index (κ2) is 6.05. The summed E-state index contributed by atoms with van der Waals surface area (Å²) >= 11 is 0. The largest absolute Gasteiger partial charge is 0.391 e. The van der Waals surface area contributed by atoms with Crippen LogP contribution in [0.2, 0.25) is 0 Å². The van der Waals surface area contributed by atoms with Gasteiger partial charge >= 0.3 is 0 Å². The van der Waals surface area contributed by atoms with Gasteiger partial charge in [0.05, 0.1) is 11.7 Å². The van der Waals surface area contributed by atoms with Crippen LogP contribution in [0, 0.1) is 0 Å². The van der Waals surface area contributed by atoms with Crippen LogP contribution in [0.4, 0.5) is 0 Å². The molecule has 0 fully saturated rings. The molecule has 0 aliphatic carbocycles. The molecule has 0 aromatic carbocycles. The van der Waals surface area contributed by atoms with Gasteiger partial charge in [0.15, 0.2) is 5.82 Å². The summed E-state index contributed by atoms with van der Waals surface area (Å²) < 4.78 is 1.50. The number of hydrogen-bond donors (Lipinski definition) is 2. The number of amides is 1. The molecule has 1 amide bonds. The van der Waals surface area contributed by atoms with Gasteiger partial charge in [0.2, 0.25) is 0 Å². The fourth-order valence-corrected chi connectivity index (χ4v) is 1.44. The third-order valence-corrected chi connectivity index (χ3v) is 2.63. The van der Waals surface area contributed by atoms with Crippen molar-refractivity contribution in [1.29, 1.82) is 0 Å². The first kappa shape index (κ1) is 13.2. The van der Waals surface area contributed by atoms with E-state index < -0.39 is 6.10 Å². The molecule has 2 aromatic heterocycles. The van der Waals surface area contributed by atoms with Crippen LogP contribution in [0.25, 0.3) is 5.82 Å². The molecular weight excluding hydrogens is 246 g/mol. The first-order valence-electron chi connectivity index (χ1n) is 5.98. The van der Waals surface area contributed by atoms with Gasteiger partial charge in [-0.25, -0.2) is 14.6 Å². The van der Waals surface area contributed by atoms with Crippen molar-refractivity contribution in [2.24, 2.45) is 0 Å². The molecule has 7 heteroatoms. The van der Waals surface area contributed by atoms with Crippen LogP contribution in [0.1, 0.15) is 23.7 Å². The normalized spacial score (nSPS) is 12.1. The zero-order valence-electron chi connectivity index (χ0n) is 10.5. The van der Waals surface area contributed by atoms with Crippen molar-refractivity contribution in [2.75, 3.05) is 6.54 Å². The summed E-state index contributed by atoms with van der Waals surface area (Å²) in [7, 11) is 0. The van der Waals surface area contributed by atoms with Crippen LogP contribution in [0.3, 0.4) is 0 Å². The van der Waals surface area contributed by atoms with Crippen molar-refractivity contribution in [1.82, 2.24) is 25.1 Å². The molecule has 2 heterocycles. The molecule has 1 atom stereocenters. The molecule has 0 saturated carbocycles. The highest BCUT2D eigenvalue weighted by Crippen LogP contribution is 2.04. The summed E-state index contributed by atoms with van der Waals surface area (Å²) in [4.78, 5) is 19.7. The highest BCUT2D eigenvalue weighted by atomic mass is 16.3. The van der Waals surface area contributed by atoms with Gasteiger partial charge < -0.3 is 10.4 Å². The maximum atomic E-state index is 11.8. The number of aliphatic hydroxyl groups is 1. The van der Waals surface area contributed by atoms with Gasteiger partial charge in [-0.3, -0.25) is 4.79 Å². The van der Waals surface area contributed by atoms with Crippen LogP contribution in [0.15, 0.2) is 31.0 Å². The van der Waals surface area contributed by atoms with Gasteiger partial charge in [-0.2, -0.15) is 5.10 Å². The third kappa shape index (κ3) is 3.35. The lowest BCUT2D eigenvalue weighted by Crippen LogP contribution is -2.31. The van der Waals surface area contributed by atoms with Crippen molar-refractivity contribution in [3.05, 3.63) is 36.5 Å². The smallest absolute Gasteiger partial charge is 0.252 e. The molecule has 0 saturated heterocycles. The Hall–Kier alpha value is -2.28. The summed E-state index contributed by atoms with van der Waals surface area (Å²) in [6, 6.07) is 3.33. The van der Waals surface area contributed by atoms with E-state index >= 15 is 0 Å². The SMILES string of the molecule is CCC(O)CNC(=O)c1ccc(-n2cncn2)nc1. The van der Waals surface area contributed by atoms with E-state index in [1.54, 1.807) is 12.1 Å². The van der Waals surface area contributed by atoms with Crippen molar-refractivity contribution in [3.8, 4) is 5.82 Å². The lowest BCUT2D eigenvalue weighted by Gasteiger charge is -2.09. The zero-order valence-corrected chi connectivity index (χ0v) is 10.5. The Labute approximate surface area is 110 Å². The van der Waals surface area contributed by atoms with Gasteiger partial charge in [0.1, 0.15) is 12.7 Å². The van der Waals surface area contributed by atoms with E-state index in [0.717, 1.165) is 0 Å². The molecule has 19 heavy (non-hydrogen) atoms. The van der Waals surface area contributed by atoms with Crippen molar-refractivity contribution in [3.63, 3.8) is 0 Å². The minimum atomic E-state index is -0.522. The highest BCUT2D eigenvalue weighted by Gasteiger charge is 2.08. The number of nitrogens with one attached hydrogen (secondary N) is 1. The number of carbonyl (C=O) groups excluding carboxylic acids is 1. The maximum Gasteiger partial charge on any atom is 0.252 e. The van der Waals surface area contributed by atoms with E-state index in [9.17, 15) is 9.90 Å². The summed E-state index contributed by atoms with van der Waals surface area (Å²) in [5.74, 6) is 0.327. The molecule has 2 rings (SSSR count). The van der Waals surface area contributed by atoms with E-state index in [0.29, 0.717) is 17.8 Å². The Kier molecular flexibility index (Phi) is 4.19. The number of rotatable bonds is 5. The third-order valence-electron chi connectivity index (χ3n) is 2.63. The van der Waals surface area contributed by atoms with Gasteiger partial charge in [-0.05, 0) is 18.6 Å². The summed E-state index contributed by atoms with van der Waals surface area (Å²) in [5, 5.41) is 16.0. The molecule has 0 aliphatic rings. The molecule has 0 aliphatic heterocycles. The van der Waals surface area contributed by atoms with Crippen LogP contribution >= 0.6 is 0 Å². The average Bonchev–Trinajstić information content (AvgIpc) is 2.98.